The van der Waals surface area contributed by atoms with Gasteiger partial charge in [0.15, 0.2) is 11.6 Å². The highest BCUT2D eigenvalue weighted by Gasteiger charge is 2.08. The molecule has 2 nitrogen and oxygen atoms in total. The van der Waals surface area contributed by atoms with Gasteiger partial charge in [0.2, 0.25) is 0 Å². The van der Waals surface area contributed by atoms with Crippen LogP contribution in [0.4, 0.5) is 4.39 Å². The van der Waals surface area contributed by atoms with E-state index in [1.54, 1.807) is 18.2 Å². The number of rotatable bonds is 3. The standard InChI is InChI=1S/C14H13ClFNO/c1-18-14-5-3-10(7-13(14)16)11-4-2-9(8-17)6-12(11)15/h2-7H,8,17H2,1H3. The predicted molar refractivity (Wildman–Crippen MR) is 71.3 cm³/mol. The summed E-state index contributed by atoms with van der Waals surface area (Å²) in [5, 5.41) is 0.558. The second-order valence-electron chi connectivity index (χ2n) is 3.87. The summed E-state index contributed by atoms with van der Waals surface area (Å²) in [6.45, 7) is 0.428. The molecule has 2 rings (SSSR count). The summed E-state index contributed by atoms with van der Waals surface area (Å²) in [5.74, 6) is -0.192. The molecule has 94 valence electrons. The summed E-state index contributed by atoms with van der Waals surface area (Å²) in [7, 11) is 1.43. The minimum atomic E-state index is -0.408. The number of ether oxygens (including phenoxy) is 1. The van der Waals surface area contributed by atoms with Crippen LogP contribution in [-0.4, -0.2) is 7.11 Å². The molecule has 2 N–H and O–H groups in total. The second kappa shape index (κ2) is 5.38. The van der Waals surface area contributed by atoms with Crippen LogP contribution in [0.3, 0.4) is 0 Å². The smallest absolute Gasteiger partial charge is 0.165 e. The van der Waals surface area contributed by atoms with Crippen molar-refractivity contribution in [3.8, 4) is 16.9 Å². The zero-order valence-electron chi connectivity index (χ0n) is 9.91. The number of halogens is 2. The van der Waals surface area contributed by atoms with Crippen molar-refractivity contribution in [3.05, 3.63) is 52.8 Å². The number of benzene rings is 2. The van der Waals surface area contributed by atoms with E-state index in [4.69, 9.17) is 22.1 Å². The van der Waals surface area contributed by atoms with Crippen LogP contribution in [0, 0.1) is 5.82 Å². The van der Waals surface area contributed by atoms with Crippen molar-refractivity contribution >= 4 is 11.6 Å². The molecule has 2 aromatic carbocycles. The molecule has 0 aliphatic heterocycles. The third kappa shape index (κ3) is 2.47. The Morgan fingerprint density at radius 3 is 2.56 bits per heavy atom. The maximum Gasteiger partial charge on any atom is 0.165 e. The van der Waals surface area contributed by atoms with Gasteiger partial charge in [-0.15, -0.1) is 0 Å². The van der Waals surface area contributed by atoms with Crippen LogP contribution < -0.4 is 10.5 Å². The summed E-state index contributed by atoms with van der Waals surface area (Å²) in [4.78, 5) is 0. The fourth-order valence-electron chi connectivity index (χ4n) is 1.75. The van der Waals surface area contributed by atoms with Gasteiger partial charge in [0.1, 0.15) is 0 Å². The fraction of sp³-hybridized carbons (Fsp3) is 0.143. The topological polar surface area (TPSA) is 35.2 Å². The van der Waals surface area contributed by atoms with E-state index in [0.29, 0.717) is 17.1 Å². The van der Waals surface area contributed by atoms with Gasteiger partial charge < -0.3 is 10.5 Å². The molecule has 0 saturated heterocycles. The summed E-state index contributed by atoms with van der Waals surface area (Å²) in [5.41, 5.74) is 7.96. The van der Waals surface area contributed by atoms with E-state index in [1.807, 2.05) is 12.1 Å². The van der Waals surface area contributed by atoms with Crippen LogP contribution in [0.15, 0.2) is 36.4 Å². The van der Waals surface area contributed by atoms with E-state index in [-0.39, 0.29) is 5.75 Å². The van der Waals surface area contributed by atoms with Crippen LogP contribution in [0.2, 0.25) is 5.02 Å². The lowest BCUT2D eigenvalue weighted by Gasteiger charge is -2.08. The largest absolute Gasteiger partial charge is 0.494 e. The summed E-state index contributed by atoms with van der Waals surface area (Å²) < 4.78 is 18.5. The minimum absolute atomic E-state index is 0.216. The van der Waals surface area contributed by atoms with Gasteiger partial charge in [-0.25, -0.2) is 4.39 Å². The van der Waals surface area contributed by atoms with Crippen LogP contribution >= 0.6 is 11.6 Å². The van der Waals surface area contributed by atoms with E-state index < -0.39 is 5.82 Å². The highest BCUT2D eigenvalue weighted by atomic mass is 35.5. The zero-order chi connectivity index (χ0) is 13.1. The maximum absolute atomic E-state index is 13.6. The molecule has 0 spiro atoms. The Balaban J connectivity index is 2.45. The van der Waals surface area contributed by atoms with E-state index in [0.717, 1.165) is 11.1 Å². The van der Waals surface area contributed by atoms with Gasteiger partial charge in [0.05, 0.1) is 7.11 Å². The van der Waals surface area contributed by atoms with Crippen molar-refractivity contribution in [2.75, 3.05) is 7.11 Å². The molecule has 0 radical (unpaired) electrons. The Bertz CT molecular complexity index is 572. The van der Waals surface area contributed by atoms with Gasteiger partial charge in [-0.1, -0.05) is 29.8 Å². The fourth-order valence-corrected chi connectivity index (χ4v) is 2.07. The Hall–Kier alpha value is -1.58. The number of hydrogen-bond donors (Lipinski definition) is 1. The van der Waals surface area contributed by atoms with Crippen molar-refractivity contribution in [3.63, 3.8) is 0 Å². The SMILES string of the molecule is COc1ccc(-c2ccc(CN)cc2Cl)cc1F. The first-order valence-electron chi connectivity index (χ1n) is 5.48. The van der Waals surface area contributed by atoms with Crippen LogP contribution in [0.5, 0.6) is 5.75 Å². The van der Waals surface area contributed by atoms with E-state index in [2.05, 4.69) is 0 Å². The van der Waals surface area contributed by atoms with Crippen LogP contribution in [-0.2, 0) is 6.54 Å². The predicted octanol–water partition coefficient (Wildman–Crippen LogP) is 3.61. The molecular weight excluding hydrogens is 253 g/mol. The second-order valence-corrected chi connectivity index (χ2v) is 4.27. The first kappa shape index (κ1) is 12.9. The molecular formula is C14H13ClFNO. The molecule has 0 aliphatic rings. The molecule has 0 amide bonds. The van der Waals surface area contributed by atoms with Crippen molar-refractivity contribution in [1.82, 2.24) is 0 Å². The average Bonchev–Trinajstić information content (AvgIpc) is 2.38. The van der Waals surface area contributed by atoms with Gasteiger partial charge in [-0.2, -0.15) is 0 Å². The third-order valence-corrected chi connectivity index (χ3v) is 3.04. The average molecular weight is 266 g/mol. The van der Waals surface area contributed by atoms with E-state index in [1.165, 1.54) is 13.2 Å². The van der Waals surface area contributed by atoms with Gasteiger partial charge >= 0.3 is 0 Å². The molecule has 0 aliphatic carbocycles. The van der Waals surface area contributed by atoms with Crippen molar-refractivity contribution in [2.24, 2.45) is 5.73 Å². The molecule has 4 heteroatoms. The van der Waals surface area contributed by atoms with Crippen LogP contribution in [0.25, 0.3) is 11.1 Å². The Labute approximate surface area is 110 Å². The lowest BCUT2D eigenvalue weighted by molar-refractivity contribution is 0.386. The first-order chi connectivity index (χ1) is 8.65. The zero-order valence-corrected chi connectivity index (χ0v) is 10.7. The molecule has 0 unspecified atom stereocenters. The van der Waals surface area contributed by atoms with Crippen molar-refractivity contribution in [1.29, 1.82) is 0 Å². The van der Waals surface area contributed by atoms with Crippen LogP contribution in [0.1, 0.15) is 5.56 Å². The molecule has 0 atom stereocenters. The van der Waals surface area contributed by atoms with Gasteiger partial charge in [0.25, 0.3) is 0 Å². The summed E-state index contributed by atoms with van der Waals surface area (Å²) in [6.07, 6.45) is 0. The highest BCUT2D eigenvalue weighted by Crippen LogP contribution is 2.31. The third-order valence-electron chi connectivity index (χ3n) is 2.73. The quantitative estimate of drug-likeness (QED) is 0.920. The molecule has 0 fully saturated rings. The number of hydrogen-bond acceptors (Lipinski definition) is 2. The molecule has 18 heavy (non-hydrogen) atoms. The monoisotopic (exact) mass is 265 g/mol. The summed E-state index contributed by atoms with van der Waals surface area (Å²) >= 11 is 6.16. The van der Waals surface area contributed by atoms with E-state index >= 15 is 0 Å². The first-order valence-corrected chi connectivity index (χ1v) is 5.86. The highest BCUT2D eigenvalue weighted by molar-refractivity contribution is 6.33. The molecule has 0 heterocycles. The van der Waals surface area contributed by atoms with E-state index in [9.17, 15) is 4.39 Å². The maximum atomic E-state index is 13.6. The normalized spacial score (nSPS) is 10.4. The van der Waals surface area contributed by atoms with Crippen molar-refractivity contribution < 1.29 is 9.13 Å². The lowest BCUT2D eigenvalue weighted by Crippen LogP contribution is -1.96. The Kier molecular flexibility index (Phi) is 3.84. The Morgan fingerprint density at radius 1 is 1.22 bits per heavy atom. The molecule has 0 bridgehead atoms. The molecule has 2 aromatic rings. The van der Waals surface area contributed by atoms with Gasteiger partial charge in [-0.05, 0) is 29.3 Å². The lowest BCUT2D eigenvalue weighted by atomic mass is 10.0. The Morgan fingerprint density at radius 2 is 2.00 bits per heavy atom. The number of methoxy groups -OCH3 is 1. The van der Waals surface area contributed by atoms with Gasteiger partial charge in [-0.3, -0.25) is 0 Å². The van der Waals surface area contributed by atoms with Crippen molar-refractivity contribution in [2.45, 2.75) is 6.54 Å². The molecule has 0 aromatic heterocycles. The minimum Gasteiger partial charge on any atom is -0.494 e. The summed E-state index contributed by atoms with van der Waals surface area (Å²) in [6, 6.07) is 10.3. The molecule has 0 saturated carbocycles. The number of nitrogens with two attached hydrogens (primary N) is 1. The van der Waals surface area contributed by atoms with Gasteiger partial charge in [0, 0.05) is 17.1 Å².